The lowest BCUT2D eigenvalue weighted by molar-refractivity contribution is -0.130. The Morgan fingerprint density at radius 3 is 1.68 bits per heavy atom. The summed E-state index contributed by atoms with van der Waals surface area (Å²) < 4.78 is 11.1. The Hall–Kier alpha value is -4.39. The lowest BCUT2D eigenvalue weighted by Crippen LogP contribution is -2.62. The van der Waals surface area contributed by atoms with Gasteiger partial charge in [0.15, 0.2) is 22.9 Å². The fourth-order valence-electron chi connectivity index (χ4n) is 8.22. The van der Waals surface area contributed by atoms with Gasteiger partial charge in [0.2, 0.25) is 11.8 Å². The molecule has 0 radical (unpaired) electrons. The van der Waals surface area contributed by atoms with E-state index in [1.165, 1.54) is 0 Å². The first-order valence-corrected chi connectivity index (χ1v) is 21.6. The largest absolute Gasteiger partial charge is 0.355 e. The van der Waals surface area contributed by atoms with E-state index in [2.05, 4.69) is 48.6 Å². The minimum atomic E-state index is -0.681. The van der Waals surface area contributed by atoms with Gasteiger partial charge in [-0.3, -0.25) is 19.2 Å². The van der Waals surface area contributed by atoms with Crippen LogP contribution >= 0.6 is 34.8 Å². The molecule has 59 heavy (non-hydrogen) atoms. The van der Waals surface area contributed by atoms with Gasteiger partial charge in [-0.15, -0.1) is 0 Å². The Balaban J connectivity index is 1.09. The number of carbonyl (C=O) groups is 4. The first-order chi connectivity index (χ1) is 28.1. The van der Waals surface area contributed by atoms with E-state index in [9.17, 15) is 19.2 Å². The molecule has 0 saturated carbocycles. The molecular weight excluding hydrogens is 815 g/mol. The van der Waals surface area contributed by atoms with Gasteiger partial charge in [0, 0.05) is 53.5 Å². The molecule has 2 saturated heterocycles. The maximum atomic E-state index is 14.1. The molecule has 4 heterocycles. The van der Waals surface area contributed by atoms with Gasteiger partial charge < -0.3 is 29.5 Å². The molecular formula is C44H53Cl3N6O6. The van der Waals surface area contributed by atoms with Gasteiger partial charge in [0.1, 0.15) is 12.1 Å². The Kier molecular flexibility index (Phi) is 14.5. The molecule has 0 spiro atoms. The van der Waals surface area contributed by atoms with Crippen molar-refractivity contribution >= 4 is 58.4 Å². The number of carbonyl (C=O) groups excluding carboxylic acids is 4. The number of aromatic nitrogens is 2. The SMILES string of the molecule is CC(C)CC1CN(C(=O)c2cc(-c3ccccc3Cl)on2)C(CC(C)CCC(C)CC2CN(C(=O)c3cc(-c4ccc(Cl)cc4Cl)on3)C(CC(C)C)C(=O)N2)C(=O)N1. The molecule has 2 aliphatic heterocycles. The molecule has 2 aromatic heterocycles. The average molecular weight is 868 g/mol. The van der Waals surface area contributed by atoms with Crippen LogP contribution in [0.25, 0.3) is 22.6 Å². The van der Waals surface area contributed by atoms with Crippen LogP contribution in [0.1, 0.15) is 101 Å². The third-order valence-corrected chi connectivity index (χ3v) is 12.0. The maximum absolute atomic E-state index is 14.1. The zero-order valence-electron chi connectivity index (χ0n) is 34.3. The van der Waals surface area contributed by atoms with E-state index in [4.69, 9.17) is 43.8 Å². The van der Waals surface area contributed by atoms with Crippen molar-refractivity contribution in [3.05, 3.63) is 81.1 Å². The molecule has 15 heteroatoms. The van der Waals surface area contributed by atoms with E-state index in [0.717, 1.165) is 19.3 Å². The van der Waals surface area contributed by atoms with Gasteiger partial charge in [0.25, 0.3) is 11.8 Å². The lowest BCUT2D eigenvalue weighted by atomic mass is 9.87. The van der Waals surface area contributed by atoms with E-state index >= 15 is 0 Å². The fourth-order valence-corrected chi connectivity index (χ4v) is 8.95. The van der Waals surface area contributed by atoms with Crippen molar-refractivity contribution in [2.24, 2.45) is 23.7 Å². The van der Waals surface area contributed by atoms with Gasteiger partial charge in [-0.05, 0) is 79.7 Å². The van der Waals surface area contributed by atoms with Crippen LogP contribution in [0.5, 0.6) is 0 Å². The standard InChI is InChI=1S/C44H53Cl3N6O6/c1-24(2)15-29-22-53(44(57)35-20-39(58-50-35)31-9-7-8-10-33(31)46)38(42(55)48-29)18-27(6)12-11-26(5)17-30-23-52(37(16-25(3)4)41(54)49-30)43(56)36-21-40(59-51-36)32-14-13-28(45)19-34(32)47/h7-10,13-14,19-21,24-27,29-30,37-38H,11-12,15-18,22-23H2,1-6H3,(H,48,55)(H,49,54). The summed E-state index contributed by atoms with van der Waals surface area (Å²) in [6, 6.07) is 13.5. The Morgan fingerprint density at radius 2 is 1.15 bits per heavy atom. The summed E-state index contributed by atoms with van der Waals surface area (Å²) in [5.41, 5.74) is 1.39. The summed E-state index contributed by atoms with van der Waals surface area (Å²) in [6.07, 6.45) is 3.94. The minimum Gasteiger partial charge on any atom is -0.355 e. The highest BCUT2D eigenvalue weighted by molar-refractivity contribution is 6.36. The van der Waals surface area contributed by atoms with E-state index in [-0.39, 0.29) is 64.9 Å². The maximum Gasteiger partial charge on any atom is 0.276 e. The molecule has 6 rings (SSSR count). The second kappa shape index (κ2) is 19.3. The van der Waals surface area contributed by atoms with Crippen LogP contribution in [0, 0.1) is 23.7 Å². The van der Waals surface area contributed by atoms with Gasteiger partial charge in [-0.1, -0.05) is 112 Å². The van der Waals surface area contributed by atoms with Crippen molar-refractivity contribution in [1.82, 2.24) is 30.7 Å². The van der Waals surface area contributed by atoms with Crippen molar-refractivity contribution in [2.45, 2.75) is 104 Å². The first-order valence-electron chi connectivity index (χ1n) is 20.4. The van der Waals surface area contributed by atoms with E-state index in [1.807, 2.05) is 26.0 Å². The van der Waals surface area contributed by atoms with Crippen LogP contribution in [0.4, 0.5) is 0 Å². The van der Waals surface area contributed by atoms with Gasteiger partial charge in [-0.2, -0.15) is 0 Å². The van der Waals surface area contributed by atoms with Crippen LogP contribution in [0.2, 0.25) is 15.1 Å². The molecule has 6 unspecified atom stereocenters. The normalized spacial score (nSPS) is 20.8. The monoisotopic (exact) mass is 866 g/mol. The first kappa shape index (κ1) is 44.2. The highest BCUT2D eigenvalue weighted by atomic mass is 35.5. The second-order valence-electron chi connectivity index (χ2n) is 17.1. The Morgan fingerprint density at radius 1 is 0.661 bits per heavy atom. The highest BCUT2D eigenvalue weighted by Crippen LogP contribution is 2.33. The van der Waals surface area contributed by atoms with Gasteiger partial charge >= 0.3 is 0 Å². The van der Waals surface area contributed by atoms with Crippen molar-refractivity contribution in [3.8, 4) is 22.6 Å². The average Bonchev–Trinajstić information content (AvgIpc) is 3.86. The summed E-state index contributed by atoms with van der Waals surface area (Å²) in [4.78, 5) is 58.6. The summed E-state index contributed by atoms with van der Waals surface area (Å²) in [6.45, 7) is 13.1. The molecule has 6 atom stereocenters. The van der Waals surface area contributed by atoms with Crippen molar-refractivity contribution < 1.29 is 28.2 Å². The van der Waals surface area contributed by atoms with Crippen molar-refractivity contribution in [2.75, 3.05) is 13.1 Å². The van der Waals surface area contributed by atoms with Crippen LogP contribution in [0.15, 0.2) is 63.6 Å². The van der Waals surface area contributed by atoms with E-state index in [1.54, 1.807) is 52.3 Å². The summed E-state index contributed by atoms with van der Waals surface area (Å²) in [5, 5.41) is 15.8. The predicted molar refractivity (Wildman–Crippen MR) is 228 cm³/mol. The molecule has 0 aliphatic carbocycles. The molecule has 12 nitrogen and oxygen atoms in total. The molecule has 2 N–H and O–H groups in total. The van der Waals surface area contributed by atoms with Crippen molar-refractivity contribution in [1.29, 1.82) is 0 Å². The van der Waals surface area contributed by atoms with Gasteiger partial charge in [0.05, 0.1) is 10.0 Å². The molecule has 2 aliphatic rings. The van der Waals surface area contributed by atoms with Crippen LogP contribution < -0.4 is 10.6 Å². The van der Waals surface area contributed by atoms with Crippen LogP contribution in [0.3, 0.4) is 0 Å². The van der Waals surface area contributed by atoms with Crippen LogP contribution in [-0.4, -0.2) is 81.0 Å². The predicted octanol–water partition coefficient (Wildman–Crippen LogP) is 9.20. The lowest BCUT2D eigenvalue weighted by Gasteiger charge is -2.41. The quantitative estimate of drug-likeness (QED) is 0.120. The number of halogens is 3. The number of benzene rings is 2. The fraction of sp³-hybridized carbons (Fsp3) is 0.500. The highest BCUT2D eigenvalue weighted by Gasteiger charge is 2.41. The van der Waals surface area contributed by atoms with Crippen LogP contribution in [-0.2, 0) is 9.59 Å². The number of amides is 4. The molecule has 2 fully saturated rings. The Labute approximate surface area is 360 Å². The van der Waals surface area contributed by atoms with Crippen molar-refractivity contribution in [3.63, 3.8) is 0 Å². The number of nitrogens with one attached hydrogen (secondary N) is 2. The zero-order valence-corrected chi connectivity index (χ0v) is 36.6. The smallest absolute Gasteiger partial charge is 0.276 e. The summed E-state index contributed by atoms with van der Waals surface area (Å²) in [5.74, 6) is 0.344. The number of piperazine rings is 2. The molecule has 4 amide bonds. The zero-order chi connectivity index (χ0) is 42.5. The third-order valence-electron chi connectivity index (χ3n) is 11.1. The molecule has 2 aromatic carbocycles. The number of rotatable bonds is 15. The number of hydrogen-bond donors (Lipinski definition) is 2. The molecule has 316 valence electrons. The minimum absolute atomic E-state index is 0.0890. The summed E-state index contributed by atoms with van der Waals surface area (Å²) >= 11 is 18.8. The number of nitrogens with zero attached hydrogens (tertiary/aromatic N) is 4. The molecule has 4 aromatic rings. The second-order valence-corrected chi connectivity index (χ2v) is 18.4. The summed E-state index contributed by atoms with van der Waals surface area (Å²) in [7, 11) is 0. The molecule has 0 bridgehead atoms. The Bertz CT molecular complexity index is 2140. The van der Waals surface area contributed by atoms with E-state index < -0.39 is 12.1 Å². The van der Waals surface area contributed by atoms with Gasteiger partial charge in [-0.25, -0.2) is 0 Å². The third kappa shape index (κ3) is 10.9. The number of hydrogen-bond acceptors (Lipinski definition) is 8. The topological polar surface area (TPSA) is 151 Å². The van der Waals surface area contributed by atoms with E-state index in [0.29, 0.717) is 76.0 Å².